The first kappa shape index (κ1) is 14.8. The first-order valence-electron chi connectivity index (χ1n) is 5.34. The van der Waals surface area contributed by atoms with Crippen molar-refractivity contribution in [2.45, 2.75) is 38.4 Å². The highest BCUT2D eigenvalue weighted by molar-refractivity contribution is 7.79. The Kier molecular flexibility index (Phi) is 7.92. The molecule has 0 aliphatic carbocycles. The highest BCUT2D eigenvalue weighted by atomic mass is 32.2. The Bertz CT molecular complexity index is 206. The van der Waals surface area contributed by atoms with Crippen molar-refractivity contribution in [3.63, 3.8) is 0 Å². The van der Waals surface area contributed by atoms with Crippen molar-refractivity contribution >= 4 is 11.1 Å². The van der Waals surface area contributed by atoms with Gasteiger partial charge >= 0.3 is 0 Å². The van der Waals surface area contributed by atoms with E-state index in [0.717, 1.165) is 6.42 Å². The van der Waals surface area contributed by atoms with Crippen LogP contribution in [0.2, 0.25) is 0 Å². The molecule has 0 spiro atoms. The number of allylic oxidation sites excluding steroid dienone is 1. The summed E-state index contributed by atoms with van der Waals surface area (Å²) in [6.07, 6.45) is 3.90. The number of hydrogen-bond acceptors (Lipinski definition) is 2. The SMILES string of the molecule is C=CC[C@@H](C)[C@@H](C[C@H](C)CCO)S(=O)O. The van der Waals surface area contributed by atoms with Gasteiger partial charge in [-0.2, -0.15) is 0 Å². The monoisotopic (exact) mass is 234 g/mol. The van der Waals surface area contributed by atoms with Crippen molar-refractivity contribution in [3.8, 4) is 0 Å². The molecule has 15 heavy (non-hydrogen) atoms. The average Bonchev–Trinajstić information content (AvgIpc) is 2.14. The molecule has 1 unspecified atom stereocenters. The van der Waals surface area contributed by atoms with Gasteiger partial charge in [0.2, 0.25) is 0 Å². The van der Waals surface area contributed by atoms with Gasteiger partial charge in [0.1, 0.15) is 0 Å². The van der Waals surface area contributed by atoms with E-state index in [4.69, 9.17) is 5.11 Å². The number of aliphatic hydroxyl groups excluding tert-OH is 1. The Morgan fingerprint density at radius 1 is 1.47 bits per heavy atom. The maximum absolute atomic E-state index is 11.2. The van der Waals surface area contributed by atoms with Gasteiger partial charge in [0.05, 0.1) is 5.25 Å². The molecule has 90 valence electrons. The van der Waals surface area contributed by atoms with Crippen LogP contribution in [-0.2, 0) is 11.1 Å². The molecule has 0 heterocycles. The van der Waals surface area contributed by atoms with Crippen LogP contribution in [0.5, 0.6) is 0 Å². The van der Waals surface area contributed by atoms with E-state index in [2.05, 4.69) is 6.58 Å². The molecule has 0 radical (unpaired) electrons. The van der Waals surface area contributed by atoms with Crippen LogP contribution in [0.3, 0.4) is 0 Å². The summed E-state index contributed by atoms with van der Waals surface area (Å²) in [6, 6.07) is 0. The second-order valence-corrected chi connectivity index (χ2v) is 5.33. The third kappa shape index (κ3) is 6.07. The minimum Gasteiger partial charge on any atom is -0.396 e. The molecule has 0 amide bonds. The summed E-state index contributed by atoms with van der Waals surface area (Å²) in [4.78, 5) is 0. The lowest BCUT2D eigenvalue weighted by molar-refractivity contribution is 0.253. The van der Waals surface area contributed by atoms with Crippen molar-refractivity contribution in [3.05, 3.63) is 12.7 Å². The Hall–Kier alpha value is -0.190. The van der Waals surface area contributed by atoms with Crippen LogP contribution in [0.25, 0.3) is 0 Å². The molecular formula is C11H22O3S. The Balaban J connectivity index is 4.26. The second-order valence-electron chi connectivity index (χ2n) is 4.17. The minimum absolute atomic E-state index is 0.141. The van der Waals surface area contributed by atoms with E-state index in [1.54, 1.807) is 6.08 Å². The van der Waals surface area contributed by atoms with Gasteiger partial charge in [-0.25, -0.2) is 4.21 Å². The van der Waals surface area contributed by atoms with E-state index in [9.17, 15) is 8.76 Å². The third-order valence-corrected chi connectivity index (χ3v) is 3.86. The standard InChI is InChI=1S/C11H22O3S/c1-4-5-10(3)11(15(13)14)8-9(2)6-7-12/h4,9-12H,1,5-8H2,2-3H3,(H,13,14)/t9-,10-,11-/m1/s1. The summed E-state index contributed by atoms with van der Waals surface area (Å²) in [7, 11) is 0. The quantitative estimate of drug-likeness (QED) is 0.500. The van der Waals surface area contributed by atoms with Crippen molar-refractivity contribution in [2.24, 2.45) is 11.8 Å². The predicted molar refractivity (Wildman–Crippen MR) is 64.0 cm³/mol. The zero-order valence-electron chi connectivity index (χ0n) is 9.56. The lowest BCUT2D eigenvalue weighted by Gasteiger charge is -2.22. The highest BCUT2D eigenvalue weighted by Gasteiger charge is 2.23. The molecule has 0 aromatic carbocycles. The van der Waals surface area contributed by atoms with Gasteiger partial charge in [-0.15, -0.1) is 6.58 Å². The zero-order chi connectivity index (χ0) is 11.8. The molecule has 0 aromatic rings. The molecule has 3 nitrogen and oxygen atoms in total. The lowest BCUT2D eigenvalue weighted by Crippen LogP contribution is -2.25. The van der Waals surface area contributed by atoms with Gasteiger partial charge in [-0.3, -0.25) is 0 Å². The third-order valence-electron chi connectivity index (χ3n) is 2.69. The van der Waals surface area contributed by atoms with Crippen LogP contribution in [0.15, 0.2) is 12.7 Å². The fraction of sp³-hybridized carbons (Fsp3) is 0.818. The fourth-order valence-electron chi connectivity index (χ4n) is 1.66. The second kappa shape index (κ2) is 8.02. The normalized spacial score (nSPS) is 19.2. The smallest absolute Gasteiger partial charge is 0.156 e. The largest absolute Gasteiger partial charge is 0.396 e. The van der Waals surface area contributed by atoms with Gasteiger partial charge in [0, 0.05) is 6.61 Å². The predicted octanol–water partition coefficient (Wildman–Crippen LogP) is 2.20. The van der Waals surface area contributed by atoms with E-state index >= 15 is 0 Å². The molecular weight excluding hydrogens is 212 g/mol. The molecule has 0 aromatic heterocycles. The van der Waals surface area contributed by atoms with E-state index < -0.39 is 11.1 Å². The Morgan fingerprint density at radius 3 is 2.47 bits per heavy atom. The summed E-state index contributed by atoms with van der Waals surface area (Å²) >= 11 is -1.79. The van der Waals surface area contributed by atoms with Crippen molar-refractivity contribution < 1.29 is 13.9 Å². The molecule has 2 N–H and O–H groups in total. The molecule has 0 aliphatic rings. The van der Waals surface area contributed by atoms with E-state index in [0.29, 0.717) is 12.8 Å². The zero-order valence-corrected chi connectivity index (χ0v) is 10.4. The molecule has 0 saturated heterocycles. The maximum atomic E-state index is 11.2. The van der Waals surface area contributed by atoms with Crippen molar-refractivity contribution in [2.75, 3.05) is 6.61 Å². The average molecular weight is 234 g/mol. The summed E-state index contributed by atoms with van der Waals surface area (Å²) in [5.41, 5.74) is 0. The van der Waals surface area contributed by atoms with E-state index in [1.165, 1.54) is 0 Å². The van der Waals surface area contributed by atoms with Gasteiger partial charge in [-0.05, 0) is 31.1 Å². The van der Waals surface area contributed by atoms with E-state index in [-0.39, 0.29) is 23.7 Å². The van der Waals surface area contributed by atoms with Crippen LogP contribution < -0.4 is 0 Å². The number of rotatable bonds is 8. The summed E-state index contributed by atoms with van der Waals surface area (Å²) in [5, 5.41) is 8.56. The summed E-state index contributed by atoms with van der Waals surface area (Å²) in [6.45, 7) is 7.74. The van der Waals surface area contributed by atoms with Gasteiger partial charge < -0.3 is 9.66 Å². The molecule has 0 bridgehead atoms. The van der Waals surface area contributed by atoms with Crippen molar-refractivity contribution in [1.82, 2.24) is 0 Å². The molecule has 4 atom stereocenters. The van der Waals surface area contributed by atoms with Crippen LogP contribution in [0.1, 0.15) is 33.1 Å². The molecule has 0 saturated carbocycles. The topological polar surface area (TPSA) is 57.5 Å². The number of hydrogen-bond donors (Lipinski definition) is 2. The van der Waals surface area contributed by atoms with Crippen LogP contribution >= 0.6 is 0 Å². The van der Waals surface area contributed by atoms with Gasteiger partial charge in [0.25, 0.3) is 0 Å². The van der Waals surface area contributed by atoms with Crippen LogP contribution in [-0.4, -0.2) is 25.7 Å². The summed E-state index contributed by atoms with van der Waals surface area (Å²) in [5.74, 6) is 0.442. The first-order valence-corrected chi connectivity index (χ1v) is 6.51. The molecule has 0 aliphatic heterocycles. The molecule has 0 fully saturated rings. The minimum atomic E-state index is -1.79. The Morgan fingerprint density at radius 2 is 2.07 bits per heavy atom. The van der Waals surface area contributed by atoms with Gasteiger partial charge in [0.15, 0.2) is 11.1 Å². The van der Waals surface area contributed by atoms with E-state index in [1.807, 2.05) is 13.8 Å². The first-order chi connectivity index (χ1) is 7.02. The van der Waals surface area contributed by atoms with Gasteiger partial charge in [-0.1, -0.05) is 19.9 Å². The van der Waals surface area contributed by atoms with Crippen molar-refractivity contribution in [1.29, 1.82) is 0 Å². The van der Waals surface area contributed by atoms with Crippen LogP contribution in [0.4, 0.5) is 0 Å². The molecule has 4 heteroatoms. The maximum Gasteiger partial charge on any atom is 0.156 e. The Labute approximate surface area is 94.9 Å². The number of aliphatic hydroxyl groups is 1. The fourth-order valence-corrected chi connectivity index (χ4v) is 2.66. The lowest BCUT2D eigenvalue weighted by atomic mass is 9.93. The summed E-state index contributed by atoms with van der Waals surface area (Å²) < 4.78 is 20.4. The van der Waals surface area contributed by atoms with Crippen LogP contribution in [0, 0.1) is 11.8 Å². The highest BCUT2D eigenvalue weighted by Crippen LogP contribution is 2.22. The molecule has 0 rings (SSSR count).